The van der Waals surface area contributed by atoms with Gasteiger partial charge in [0, 0.05) is 18.5 Å². The molecule has 0 spiro atoms. The van der Waals surface area contributed by atoms with Gasteiger partial charge in [-0.15, -0.1) is 0 Å². The van der Waals surface area contributed by atoms with E-state index in [9.17, 15) is 4.79 Å². The second kappa shape index (κ2) is 6.66. The number of carbonyl (C=O) groups is 1. The minimum Gasteiger partial charge on any atom is -0.342 e. The Labute approximate surface area is 140 Å². The van der Waals surface area contributed by atoms with Crippen molar-refractivity contribution in [3.8, 4) is 0 Å². The van der Waals surface area contributed by atoms with Gasteiger partial charge in [0.25, 0.3) is 0 Å². The van der Waals surface area contributed by atoms with E-state index < -0.39 is 0 Å². The Morgan fingerprint density at radius 1 is 0.909 bits per heavy atom. The van der Waals surface area contributed by atoms with Crippen LogP contribution >= 0.6 is 15.9 Å². The predicted molar refractivity (Wildman–Crippen MR) is 93.3 cm³/mol. The zero-order chi connectivity index (χ0) is 15.4. The van der Waals surface area contributed by atoms with Crippen molar-refractivity contribution in [2.75, 3.05) is 18.4 Å². The van der Waals surface area contributed by atoms with Gasteiger partial charge in [0.05, 0.1) is 5.33 Å². The van der Waals surface area contributed by atoms with Crippen molar-refractivity contribution in [1.29, 1.82) is 0 Å². The van der Waals surface area contributed by atoms with E-state index in [4.69, 9.17) is 0 Å². The molecule has 1 aliphatic heterocycles. The van der Waals surface area contributed by atoms with E-state index >= 15 is 0 Å². The molecule has 1 heterocycles. The molecule has 0 N–H and O–H groups in total. The number of rotatable bonds is 3. The van der Waals surface area contributed by atoms with Crippen molar-refractivity contribution in [2.24, 2.45) is 0 Å². The molecule has 0 radical (unpaired) electrons. The van der Waals surface area contributed by atoms with Gasteiger partial charge in [-0.25, -0.2) is 0 Å². The molecule has 114 valence electrons. The summed E-state index contributed by atoms with van der Waals surface area (Å²) in [6.45, 7) is 1.63. The van der Waals surface area contributed by atoms with Gasteiger partial charge < -0.3 is 4.90 Å². The van der Waals surface area contributed by atoms with Crippen molar-refractivity contribution >= 4 is 21.8 Å². The predicted octanol–water partition coefficient (Wildman–Crippen LogP) is 3.99. The van der Waals surface area contributed by atoms with Crippen LogP contribution in [-0.2, 0) is 10.2 Å². The third-order valence-corrected chi connectivity index (χ3v) is 5.22. The fourth-order valence-corrected chi connectivity index (χ4v) is 3.84. The van der Waals surface area contributed by atoms with E-state index in [1.54, 1.807) is 0 Å². The van der Waals surface area contributed by atoms with Gasteiger partial charge in [-0.05, 0) is 24.0 Å². The Hall–Kier alpha value is -1.61. The molecule has 22 heavy (non-hydrogen) atoms. The minimum atomic E-state index is 0.0195. The molecule has 1 amide bonds. The summed E-state index contributed by atoms with van der Waals surface area (Å²) >= 11 is 3.28. The molecule has 0 bridgehead atoms. The number of carbonyl (C=O) groups excluding carboxylic acids is 1. The van der Waals surface area contributed by atoms with Crippen LogP contribution in [0.3, 0.4) is 0 Å². The number of benzene rings is 2. The SMILES string of the molecule is O=C(CBr)N1CCC(c2ccccc2)(c2ccccc2)CC1. The van der Waals surface area contributed by atoms with Crippen molar-refractivity contribution in [3.05, 3.63) is 71.8 Å². The summed E-state index contributed by atoms with van der Waals surface area (Å²) in [5.74, 6) is 0.190. The van der Waals surface area contributed by atoms with Crippen molar-refractivity contribution in [2.45, 2.75) is 18.3 Å². The number of hydrogen-bond acceptors (Lipinski definition) is 1. The van der Waals surface area contributed by atoms with Crippen LogP contribution in [-0.4, -0.2) is 29.2 Å². The van der Waals surface area contributed by atoms with E-state index in [-0.39, 0.29) is 11.3 Å². The van der Waals surface area contributed by atoms with Crippen LogP contribution in [0, 0.1) is 0 Å². The third-order valence-electron chi connectivity index (χ3n) is 4.74. The van der Waals surface area contributed by atoms with Gasteiger partial charge in [-0.3, -0.25) is 4.79 Å². The van der Waals surface area contributed by atoms with Gasteiger partial charge >= 0.3 is 0 Å². The number of amides is 1. The highest BCUT2D eigenvalue weighted by Gasteiger charge is 2.38. The lowest BCUT2D eigenvalue weighted by atomic mass is 9.68. The summed E-state index contributed by atoms with van der Waals surface area (Å²) in [7, 11) is 0. The van der Waals surface area contributed by atoms with Gasteiger partial charge in [0.1, 0.15) is 0 Å². The molecule has 0 atom stereocenters. The molecule has 1 aliphatic rings. The molecule has 1 saturated heterocycles. The lowest BCUT2D eigenvalue weighted by molar-refractivity contribution is -0.129. The topological polar surface area (TPSA) is 20.3 Å². The summed E-state index contributed by atoms with van der Waals surface area (Å²) in [6.07, 6.45) is 1.94. The maximum atomic E-state index is 11.9. The monoisotopic (exact) mass is 357 g/mol. The summed E-state index contributed by atoms with van der Waals surface area (Å²) in [5, 5.41) is 0.413. The van der Waals surface area contributed by atoms with Crippen LogP contribution < -0.4 is 0 Å². The highest BCUT2D eigenvalue weighted by molar-refractivity contribution is 9.09. The zero-order valence-corrected chi connectivity index (χ0v) is 14.1. The summed E-state index contributed by atoms with van der Waals surface area (Å²) < 4.78 is 0. The quantitative estimate of drug-likeness (QED) is 0.760. The van der Waals surface area contributed by atoms with Crippen molar-refractivity contribution < 1.29 is 4.79 Å². The second-order valence-electron chi connectivity index (χ2n) is 5.83. The minimum absolute atomic E-state index is 0.0195. The average Bonchev–Trinajstić information content (AvgIpc) is 2.62. The first-order chi connectivity index (χ1) is 10.8. The van der Waals surface area contributed by atoms with Crippen molar-refractivity contribution in [1.82, 2.24) is 4.90 Å². The fraction of sp³-hybridized carbons (Fsp3) is 0.316. The molecule has 1 fully saturated rings. The van der Waals surface area contributed by atoms with Crippen LogP contribution in [0.1, 0.15) is 24.0 Å². The van der Waals surface area contributed by atoms with E-state index in [0.717, 1.165) is 25.9 Å². The lowest BCUT2D eigenvalue weighted by Gasteiger charge is -2.42. The Morgan fingerprint density at radius 3 is 1.77 bits per heavy atom. The Bertz CT molecular complexity index is 577. The lowest BCUT2D eigenvalue weighted by Crippen LogP contribution is -2.46. The number of nitrogens with zero attached hydrogens (tertiary/aromatic N) is 1. The third kappa shape index (κ3) is 2.82. The molecular formula is C19H20BrNO. The second-order valence-corrected chi connectivity index (χ2v) is 6.39. The summed E-state index contributed by atoms with van der Waals surface area (Å²) in [5.41, 5.74) is 2.73. The highest BCUT2D eigenvalue weighted by Crippen LogP contribution is 2.41. The Balaban J connectivity index is 1.95. The van der Waals surface area contributed by atoms with Crippen LogP contribution in [0.15, 0.2) is 60.7 Å². The largest absolute Gasteiger partial charge is 0.342 e. The van der Waals surface area contributed by atoms with E-state index in [2.05, 4.69) is 76.6 Å². The van der Waals surface area contributed by atoms with E-state index in [0.29, 0.717) is 5.33 Å². The Morgan fingerprint density at radius 2 is 1.36 bits per heavy atom. The summed E-state index contributed by atoms with van der Waals surface area (Å²) in [4.78, 5) is 13.9. The molecule has 2 nitrogen and oxygen atoms in total. The normalized spacial score (nSPS) is 17.2. The molecule has 2 aromatic rings. The smallest absolute Gasteiger partial charge is 0.233 e. The number of hydrogen-bond donors (Lipinski definition) is 0. The van der Waals surface area contributed by atoms with Gasteiger partial charge in [0.2, 0.25) is 5.91 Å². The van der Waals surface area contributed by atoms with Crippen LogP contribution in [0.25, 0.3) is 0 Å². The number of likely N-dealkylation sites (tertiary alicyclic amines) is 1. The van der Waals surface area contributed by atoms with Crippen LogP contribution in [0.2, 0.25) is 0 Å². The Kier molecular flexibility index (Phi) is 4.63. The molecular weight excluding hydrogens is 338 g/mol. The van der Waals surface area contributed by atoms with E-state index in [1.807, 2.05) is 4.90 Å². The molecule has 3 heteroatoms. The molecule has 0 aliphatic carbocycles. The molecule has 0 unspecified atom stereocenters. The van der Waals surface area contributed by atoms with Crippen LogP contribution in [0.5, 0.6) is 0 Å². The highest BCUT2D eigenvalue weighted by atomic mass is 79.9. The molecule has 3 rings (SSSR count). The number of piperidine rings is 1. The average molecular weight is 358 g/mol. The fourth-order valence-electron chi connectivity index (χ4n) is 3.48. The van der Waals surface area contributed by atoms with Gasteiger partial charge in [0.15, 0.2) is 0 Å². The molecule has 0 saturated carbocycles. The van der Waals surface area contributed by atoms with E-state index in [1.165, 1.54) is 11.1 Å². The first kappa shape index (κ1) is 15.3. The van der Waals surface area contributed by atoms with Gasteiger partial charge in [-0.1, -0.05) is 76.6 Å². The number of alkyl halides is 1. The molecule has 2 aromatic carbocycles. The zero-order valence-electron chi connectivity index (χ0n) is 12.5. The van der Waals surface area contributed by atoms with Gasteiger partial charge in [-0.2, -0.15) is 0 Å². The molecule has 0 aromatic heterocycles. The standard InChI is InChI=1S/C19H20BrNO/c20-15-18(22)21-13-11-19(12-14-21,16-7-3-1-4-8-16)17-9-5-2-6-10-17/h1-10H,11-15H2. The van der Waals surface area contributed by atoms with Crippen molar-refractivity contribution in [3.63, 3.8) is 0 Å². The maximum Gasteiger partial charge on any atom is 0.233 e. The maximum absolute atomic E-state index is 11.9. The number of halogens is 1. The first-order valence-electron chi connectivity index (χ1n) is 7.71. The summed E-state index contributed by atoms with van der Waals surface area (Å²) in [6, 6.07) is 21.4. The van der Waals surface area contributed by atoms with Crippen LogP contribution in [0.4, 0.5) is 0 Å². The first-order valence-corrected chi connectivity index (χ1v) is 8.83.